The van der Waals surface area contributed by atoms with E-state index in [1.54, 1.807) is 12.3 Å². The van der Waals surface area contributed by atoms with Gasteiger partial charge in [0.2, 0.25) is 5.91 Å². The lowest BCUT2D eigenvalue weighted by Crippen LogP contribution is -2.20. The minimum absolute atomic E-state index is 0.0279. The van der Waals surface area contributed by atoms with Crippen molar-refractivity contribution in [3.8, 4) is 0 Å². The van der Waals surface area contributed by atoms with E-state index in [-0.39, 0.29) is 11.9 Å². The zero-order valence-corrected chi connectivity index (χ0v) is 12.1. The number of benzene rings is 1. The Morgan fingerprint density at radius 2 is 1.73 bits per heavy atom. The van der Waals surface area contributed by atoms with Gasteiger partial charge in [-0.3, -0.25) is 4.79 Å². The molecule has 1 aromatic carbocycles. The average Bonchev–Trinajstić information content (AvgIpc) is 3.08. The second-order valence-electron chi connectivity index (χ2n) is 5.02. The molecule has 0 aliphatic heterocycles. The average molecular weight is 291 g/mol. The van der Waals surface area contributed by atoms with Crippen molar-refractivity contribution in [2.45, 2.75) is 12.5 Å². The van der Waals surface area contributed by atoms with Gasteiger partial charge in [-0.1, -0.05) is 36.4 Å². The lowest BCUT2D eigenvalue weighted by Gasteiger charge is -2.19. The summed E-state index contributed by atoms with van der Waals surface area (Å²) < 4.78 is 2.05. The van der Waals surface area contributed by atoms with E-state index in [9.17, 15) is 4.79 Å². The zero-order chi connectivity index (χ0) is 15.2. The van der Waals surface area contributed by atoms with Crippen LogP contribution in [0.5, 0.6) is 0 Å². The van der Waals surface area contributed by atoms with Crippen molar-refractivity contribution in [3.05, 3.63) is 84.8 Å². The lowest BCUT2D eigenvalue weighted by molar-refractivity contribution is -0.116. The number of nitrogens with one attached hydrogen (secondary N) is 1. The summed E-state index contributed by atoms with van der Waals surface area (Å²) in [6.45, 7) is 0. The Bertz CT molecular complexity index is 709. The van der Waals surface area contributed by atoms with E-state index in [1.165, 1.54) is 0 Å². The van der Waals surface area contributed by atoms with Crippen molar-refractivity contribution >= 4 is 11.7 Å². The van der Waals surface area contributed by atoms with Crippen LogP contribution in [0.1, 0.15) is 18.0 Å². The van der Waals surface area contributed by atoms with Crippen molar-refractivity contribution in [3.63, 3.8) is 0 Å². The SMILES string of the molecule is O=C(CC(c1ccccc1)n1cccc1)Nc1ccccn1. The highest BCUT2D eigenvalue weighted by atomic mass is 16.1. The first kappa shape index (κ1) is 14.1. The number of nitrogens with zero attached hydrogens (tertiary/aromatic N) is 2. The molecule has 1 amide bonds. The van der Waals surface area contributed by atoms with Gasteiger partial charge < -0.3 is 9.88 Å². The third-order valence-corrected chi connectivity index (χ3v) is 3.48. The van der Waals surface area contributed by atoms with Crippen molar-refractivity contribution < 1.29 is 4.79 Å². The highest BCUT2D eigenvalue weighted by Gasteiger charge is 2.17. The summed E-state index contributed by atoms with van der Waals surface area (Å²) in [5, 5.41) is 2.84. The molecule has 0 bridgehead atoms. The topological polar surface area (TPSA) is 46.9 Å². The fourth-order valence-electron chi connectivity index (χ4n) is 2.43. The zero-order valence-electron chi connectivity index (χ0n) is 12.1. The van der Waals surface area contributed by atoms with Gasteiger partial charge in [-0.2, -0.15) is 0 Å². The minimum atomic E-state index is -0.0544. The molecule has 1 atom stereocenters. The molecule has 2 aromatic heterocycles. The second kappa shape index (κ2) is 6.72. The molecular weight excluding hydrogens is 274 g/mol. The molecule has 0 saturated carbocycles. The van der Waals surface area contributed by atoms with Crippen LogP contribution in [0, 0.1) is 0 Å². The maximum Gasteiger partial charge on any atom is 0.227 e. The highest BCUT2D eigenvalue weighted by molar-refractivity contribution is 5.90. The smallest absolute Gasteiger partial charge is 0.227 e. The molecule has 3 rings (SSSR count). The van der Waals surface area contributed by atoms with E-state index >= 15 is 0 Å². The Balaban J connectivity index is 1.77. The summed E-state index contributed by atoms with van der Waals surface area (Å²) in [6, 6.07) is 19.4. The Morgan fingerprint density at radius 3 is 2.41 bits per heavy atom. The molecule has 1 N–H and O–H groups in total. The first-order valence-electron chi connectivity index (χ1n) is 7.21. The van der Waals surface area contributed by atoms with Gasteiger partial charge in [0, 0.05) is 18.6 Å². The van der Waals surface area contributed by atoms with Crippen molar-refractivity contribution in [2.24, 2.45) is 0 Å². The van der Waals surface area contributed by atoms with Crippen LogP contribution in [0.2, 0.25) is 0 Å². The van der Waals surface area contributed by atoms with E-state index in [4.69, 9.17) is 0 Å². The number of aromatic nitrogens is 2. The lowest BCUT2D eigenvalue weighted by atomic mass is 10.0. The summed E-state index contributed by atoms with van der Waals surface area (Å²) in [6.07, 6.45) is 5.98. The standard InChI is InChI=1S/C18H17N3O/c22-18(20-17-10-4-5-11-19-17)14-16(21-12-6-7-13-21)15-8-2-1-3-9-15/h1-13,16H,14H2,(H,19,20,22). The van der Waals surface area contributed by atoms with Gasteiger partial charge in [0.1, 0.15) is 5.82 Å². The molecule has 0 aliphatic rings. The Kier molecular flexibility index (Phi) is 4.30. The van der Waals surface area contributed by atoms with E-state index < -0.39 is 0 Å². The fraction of sp³-hybridized carbons (Fsp3) is 0.111. The molecule has 3 aromatic rings. The molecule has 0 fully saturated rings. The molecule has 0 spiro atoms. The van der Waals surface area contributed by atoms with E-state index in [0.717, 1.165) is 5.56 Å². The predicted octanol–water partition coefficient (Wildman–Crippen LogP) is 3.50. The molecule has 2 heterocycles. The van der Waals surface area contributed by atoms with Gasteiger partial charge in [-0.05, 0) is 29.8 Å². The third kappa shape index (κ3) is 3.41. The van der Waals surface area contributed by atoms with Crippen LogP contribution in [-0.4, -0.2) is 15.5 Å². The number of carbonyl (C=O) groups excluding carboxylic acids is 1. The molecular formula is C18H17N3O. The molecule has 0 aliphatic carbocycles. The summed E-state index contributed by atoms with van der Waals surface area (Å²) in [5.41, 5.74) is 1.11. The maximum absolute atomic E-state index is 12.3. The molecule has 4 nitrogen and oxygen atoms in total. The molecule has 1 unspecified atom stereocenters. The van der Waals surface area contributed by atoms with E-state index in [0.29, 0.717) is 12.2 Å². The van der Waals surface area contributed by atoms with Gasteiger partial charge in [0.05, 0.1) is 12.5 Å². The van der Waals surface area contributed by atoms with Crippen LogP contribution in [0.25, 0.3) is 0 Å². The molecule has 4 heteroatoms. The quantitative estimate of drug-likeness (QED) is 0.782. The molecule has 0 radical (unpaired) electrons. The predicted molar refractivity (Wildman–Crippen MR) is 86.5 cm³/mol. The Labute approximate surface area is 129 Å². The van der Waals surface area contributed by atoms with Crippen molar-refractivity contribution in [1.29, 1.82) is 0 Å². The minimum Gasteiger partial charge on any atom is -0.346 e. The van der Waals surface area contributed by atoms with Crippen molar-refractivity contribution in [2.75, 3.05) is 5.32 Å². The number of anilines is 1. The summed E-state index contributed by atoms with van der Waals surface area (Å²) in [7, 11) is 0. The first-order chi connectivity index (χ1) is 10.8. The van der Waals surface area contributed by atoms with Gasteiger partial charge in [0.15, 0.2) is 0 Å². The third-order valence-electron chi connectivity index (χ3n) is 3.48. The number of amides is 1. The van der Waals surface area contributed by atoms with Crippen LogP contribution in [0.15, 0.2) is 79.3 Å². The van der Waals surface area contributed by atoms with Crippen LogP contribution in [0.4, 0.5) is 5.82 Å². The van der Waals surface area contributed by atoms with Crippen molar-refractivity contribution in [1.82, 2.24) is 9.55 Å². The Morgan fingerprint density at radius 1 is 1.00 bits per heavy atom. The number of rotatable bonds is 5. The number of pyridine rings is 1. The first-order valence-corrected chi connectivity index (χ1v) is 7.21. The van der Waals surface area contributed by atoms with Crippen LogP contribution in [-0.2, 0) is 4.79 Å². The fourth-order valence-corrected chi connectivity index (χ4v) is 2.43. The highest BCUT2D eigenvalue weighted by Crippen LogP contribution is 2.22. The van der Waals surface area contributed by atoms with E-state index in [1.807, 2.05) is 71.6 Å². The van der Waals surface area contributed by atoms with E-state index in [2.05, 4.69) is 10.3 Å². The molecule has 110 valence electrons. The molecule has 0 saturated heterocycles. The van der Waals surface area contributed by atoms with Crippen LogP contribution >= 0.6 is 0 Å². The summed E-state index contributed by atoms with van der Waals surface area (Å²) in [4.78, 5) is 16.4. The van der Waals surface area contributed by atoms with Gasteiger partial charge in [0.25, 0.3) is 0 Å². The summed E-state index contributed by atoms with van der Waals surface area (Å²) in [5.74, 6) is 0.521. The Hall–Kier alpha value is -2.88. The van der Waals surface area contributed by atoms with Crippen LogP contribution < -0.4 is 5.32 Å². The number of hydrogen-bond acceptors (Lipinski definition) is 2. The largest absolute Gasteiger partial charge is 0.346 e. The normalized spacial score (nSPS) is 11.8. The second-order valence-corrected chi connectivity index (χ2v) is 5.02. The van der Waals surface area contributed by atoms with Gasteiger partial charge in [-0.15, -0.1) is 0 Å². The van der Waals surface area contributed by atoms with Gasteiger partial charge >= 0.3 is 0 Å². The monoisotopic (exact) mass is 291 g/mol. The van der Waals surface area contributed by atoms with Gasteiger partial charge in [-0.25, -0.2) is 4.98 Å². The summed E-state index contributed by atoms with van der Waals surface area (Å²) >= 11 is 0. The molecule has 22 heavy (non-hydrogen) atoms. The van der Waals surface area contributed by atoms with Crippen LogP contribution in [0.3, 0.4) is 0 Å². The maximum atomic E-state index is 12.3. The number of hydrogen-bond donors (Lipinski definition) is 1. The number of carbonyl (C=O) groups is 1.